The lowest BCUT2D eigenvalue weighted by molar-refractivity contribution is -0.192. The number of amides is 1. The van der Waals surface area contributed by atoms with Crippen LogP contribution in [0.15, 0.2) is 36.5 Å². The molecule has 2 heterocycles. The minimum absolute atomic E-state index is 0.211. The molecule has 1 saturated heterocycles. The Hall–Kier alpha value is -3.08. The molecular formula is C17H18F4N4O3. The van der Waals surface area contributed by atoms with E-state index in [0.29, 0.717) is 0 Å². The molecule has 7 nitrogen and oxygen atoms in total. The van der Waals surface area contributed by atoms with Gasteiger partial charge in [0, 0.05) is 38.4 Å². The maximum atomic E-state index is 13.0. The molecule has 11 heteroatoms. The van der Waals surface area contributed by atoms with Crippen molar-refractivity contribution in [2.24, 2.45) is 0 Å². The van der Waals surface area contributed by atoms with Gasteiger partial charge in [-0.1, -0.05) is 12.1 Å². The Labute approximate surface area is 157 Å². The Balaban J connectivity index is 0.000000345. The quantitative estimate of drug-likeness (QED) is 0.592. The van der Waals surface area contributed by atoms with Crippen LogP contribution in [0.1, 0.15) is 10.5 Å². The molecule has 0 unspecified atom stereocenters. The number of piperazine rings is 1. The molecule has 3 rings (SSSR count). The SMILES string of the molecule is O=C(Nc1ccccc1N1CCNCC1)c1cc(F)c[nH]1.O=C(O)C(F)(F)F. The van der Waals surface area contributed by atoms with Crippen LogP contribution in [0.2, 0.25) is 0 Å². The number of hydrogen-bond donors (Lipinski definition) is 4. The van der Waals surface area contributed by atoms with Gasteiger partial charge in [0.1, 0.15) is 11.5 Å². The number of rotatable bonds is 3. The molecule has 1 aromatic carbocycles. The van der Waals surface area contributed by atoms with Gasteiger partial charge in [-0.15, -0.1) is 0 Å². The summed E-state index contributed by atoms with van der Waals surface area (Å²) in [5, 5.41) is 13.3. The molecule has 2 aromatic rings. The monoisotopic (exact) mass is 402 g/mol. The van der Waals surface area contributed by atoms with Gasteiger partial charge in [-0.25, -0.2) is 9.18 Å². The molecule has 0 saturated carbocycles. The van der Waals surface area contributed by atoms with Crippen molar-refractivity contribution < 1.29 is 32.3 Å². The van der Waals surface area contributed by atoms with E-state index in [-0.39, 0.29) is 11.6 Å². The van der Waals surface area contributed by atoms with Crippen molar-refractivity contribution in [3.8, 4) is 0 Å². The van der Waals surface area contributed by atoms with Gasteiger partial charge in [0.05, 0.1) is 11.4 Å². The third-order valence-electron chi connectivity index (χ3n) is 3.74. The first-order valence-corrected chi connectivity index (χ1v) is 8.18. The zero-order valence-electron chi connectivity index (χ0n) is 14.5. The number of hydrogen-bond acceptors (Lipinski definition) is 4. The number of nitrogens with one attached hydrogen (secondary N) is 3. The minimum Gasteiger partial charge on any atom is -0.475 e. The van der Waals surface area contributed by atoms with E-state index in [1.165, 1.54) is 6.07 Å². The normalized spacial score (nSPS) is 14.1. The number of aliphatic carboxylic acids is 1. The Morgan fingerprint density at radius 3 is 2.29 bits per heavy atom. The molecule has 1 aromatic heterocycles. The standard InChI is InChI=1S/C15H17FN4O.C2HF3O2/c16-11-9-13(18-10-11)15(21)19-12-3-1-2-4-14(12)20-7-5-17-6-8-20;3-2(4,5)1(6)7/h1-4,9-10,17-18H,5-8H2,(H,19,21);(H,6,7). The highest BCUT2D eigenvalue weighted by atomic mass is 19.4. The number of carbonyl (C=O) groups excluding carboxylic acids is 1. The number of nitrogens with zero attached hydrogens (tertiary/aromatic N) is 1. The second-order valence-corrected chi connectivity index (χ2v) is 5.74. The fourth-order valence-corrected chi connectivity index (χ4v) is 2.45. The van der Waals surface area contributed by atoms with Gasteiger partial charge in [-0.05, 0) is 12.1 Å². The molecule has 0 spiro atoms. The number of carboxylic acids is 1. The summed E-state index contributed by atoms with van der Waals surface area (Å²) < 4.78 is 44.7. The Morgan fingerprint density at radius 2 is 1.75 bits per heavy atom. The zero-order chi connectivity index (χ0) is 20.7. The molecule has 1 aliphatic heterocycles. The summed E-state index contributed by atoms with van der Waals surface area (Å²) in [7, 11) is 0. The topological polar surface area (TPSA) is 97.5 Å². The Bertz CT molecular complexity index is 817. The van der Waals surface area contributed by atoms with Gasteiger partial charge in [-0.2, -0.15) is 13.2 Å². The first-order valence-electron chi connectivity index (χ1n) is 8.18. The molecule has 0 bridgehead atoms. The number of para-hydroxylation sites is 2. The molecule has 0 radical (unpaired) electrons. The van der Waals surface area contributed by atoms with Crippen molar-refractivity contribution in [3.05, 3.63) is 48.0 Å². The second kappa shape index (κ2) is 9.22. The van der Waals surface area contributed by atoms with Gasteiger partial charge in [0.15, 0.2) is 0 Å². The van der Waals surface area contributed by atoms with Crippen molar-refractivity contribution >= 4 is 23.3 Å². The Kier molecular flexibility index (Phi) is 6.99. The van der Waals surface area contributed by atoms with Crippen LogP contribution >= 0.6 is 0 Å². The fraction of sp³-hybridized carbons (Fsp3) is 0.294. The zero-order valence-corrected chi connectivity index (χ0v) is 14.5. The summed E-state index contributed by atoms with van der Waals surface area (Å²) in [5.74, 6) is -3.55. The van der Waals surface area contributed by atoms with Crippen molar-refractivity contribution in [2.45, 2.75) is 6.18 Å². The van der Waals surface area contributed by atoms with Gasteiger partial charge in [0.2, 0.25) is 0 Å². The predicted octanol–water partition coefficient (Wildman–Crippen LogP) is 2.45. The molecule has 0 atom stereocenters. The van der Waals surface area contributed by atoms with E-state index in [1.807, 2.05) is 24.3 Å². The molecule has 28 heavy (non-hydrogen) atoms. The lowest BCUT2D eigenvalue weighted by Crippen LogP contribution is -2.43. The minimum atomic E-state index is -5.08. The molecule has 152 valence electrons. The highest BCUT2D eigenvalue weighted by Gasteiger charge is 2.38. The smallest absolute Gasteiger partial charge is 0.475 e. The number of anilines is 2. The summed E-state index contributed by atoms with van der Waals surface area (Å²) in [5.41, 5.74) is 1.93. The first-order chi connectivity index (χ1) is 13.2. The van der Waals surface area contributed by atoms with Gasteiger partial charge < -0.3 is 25.6 Å². The van der Waals surface area contributed by atoms with E-state index in [4.69, 9.17) is 9.90 Å². The number of aromatic nitrogens is 1. The lowest BCUT2D eigenvalue weighted by atomic mass is 10.2. The highest BCUT2D eigenvalue weighted by Crippen LogP contribution is 2.26. The predicted molar refractivity (Wildman–Crippen MR) is 93.9 cm³/mol. The summed E-state index contributed by atoms with van der Waals surface area (Å²) in [4.78, 5) is 25.9. The molecule has 1 fully saturated rings. The van der Waals surface area contributed by atoms with Gasteiger partial charge >= 0.3 is 12.1 Å². The van der Waals surface area contributed by atoms with Crippen molar-refractivity contribution in [1.82, 2.24) is 10.3 Å². The molecule has 0 aliphatic carbocycles. The van der Waals surface area contributed by atoms with Gasteiger partial charge in [0.25, 0.3) is 5.91 Å². The fourth-order valence-electron chi connectivity index (χ4n) is 2.45. The number of H-pyrrole nitrogens is 1. The van der Waals surface area contributed by atoms with Crippen molar-refractivity contribution in [3.63, 3.8) is 0 Å². The third kappa shape index (κ3) is 5.98. The molecular weight excluding hydrogens is 384 g/mol. The van der Waals surface area contributed by atoms with E-state index in [0.717, 1.165) is 43.8 Å². The van der Waals surface area contributed by atoms with E-state index in [9.17, 15) is 22.4 Å². The summed E-state index contributed by atoms with van der Waals surface area (Å²) >= 11 is 0. The summed E-state index contributed by atoms with van der Waals surface area (Å²) in [6.07, 6.45) is -3.92. The number of halogens is 4. The molecule has 1 amide bonds. The Morgan fingerprint density at radius 1 is 1.14 bits per heavy atom. The van der Waals surface area contributed by atoms with Crippen molar-refractivity contribution in [1.29, 1.82) is 0 Å². The first kappa shape index (κ1) is 21.2. The van der Waals surface area contributed by atoms with Crippen LogP contribution in [-0.4, -0.2) is 54.3 Å². The number of alkyl halides is 3. The van der Waals surface area contributed by atoms with E-state index in [1.54, 1.807) is 0 Å². The largest absolute Gasteiger partial charge is 0.490 e. The van der Waals surface area contributed by atoms with E-state index >= 15 is 0 Å². The van der Waals surface area contributed by atoms with Crippen molar-refractivity contribution in [2.75, 3.05) is 36.4 Å². The van der Waals surface area contributed by atoms with Crippen LogP contribution < -0.4 is 15.5 Å². The van der Waals surface area contributed by atoms with E-state index < -0.39 is 18.0 Å². The number of aromatic amines is 1. The van der Waals surface area contributed by atoms with Crippen LogP contribution in [0, 0.1) is 5.82 Å². The third-order valence-corrected chi connectivity index (χ3v) is 3.74. The maximum absolute atomic E-state index is 13.0. The molecule has 1 aliphatic rings. The molecule has 4 N–H and O–H groups in total. The van der Waals surface area contributed by atoms with Crippen LogP contribution in [0.25, 0.3) is 0 Å². The van der Waals surface area contributed by atoms with Gasteiger partial charge in [-0.3, -0.25) is 4.79 Å². The van der Waals surface area contributed by atoms with E-state index in [2.05, 4.69) is 20.5 Å². The van der Waals surface area contributed by atoms with Crippen LogP contribution in [0.4, 0.5) is 28.9 Å². The number of benzene rings is 1. The van der Waals surface area contributed by atoms with Crippen LogP contribution in [0.3, 0.4) is 0 Å². The summed E-state index contributed by atoms with van der Waals surface area (Å²) in [6, 6.07) is 8.84. The number of carbonyl (C=O) groups is 2. The average molecular weight is 402 g/mol. The summed E-state index contributed by atoms with van der Waals surface area (Å²) in [6.45, 7) is 3.63. The van der Waals surface area contributed by atoms with Crippen LogP contribution in [0.5, 0.6) is 0 Å². The second-order valence-electron chi connectivity index (χ2n) is 5.74. The average Bonchev–Trinajstić information content (AvgIpc) is 3.09. The lowest BCUT2D eigenvalue weighted by Gasteiger charge is -2.31. The highest BCUT2D eigenvalue weighted by molar-refractivity contribution is 6.04. The van der Waals surface area contributed by atoms with Crippen LogP contribution in [-0.2, 0) is 4.79 Å². The number of carboxylic acid groups (broad SMARTS) is 1. The maximum Gasteiger partial charge on any atom is 0.490 e.